The third-order valence-corrected chi connectivity index (χ3v) is 4.09. The average Bonchev–Trinajstić information content (AvgIpc) is 2.48. The zero-order valence-corrected chi connectivity index (χ0v) is 14.2. The number of aliphatic carboxylic acids is 1. The number of ether oxygens (including phenoxy) is 1. The smallest absolute Gasteiger partial charge is 0.331 e. The van der Waals surface area contributed by atoms with Crippen molar-refractivity contribution in [1.82, 2.24) is 5.32 Å². The second-order valence-corrected chi connectivity index (χ2v) is 6.19. The summed E-state index contributed by atoms with van der Waals surface area (Å²) in [5.41, 5.74) is 6.29. The highest BCUT2D eigenvalue weighted by atomic mass is 16.5. The van der Waals surface area contributed by atoms with Crippen LogP contribution >= 0.6 is 0 Å². The predicted molar refractivity (Wildman–Crippen MR) is 89.0 cm³/mol. The van der Waals surface area contributed by atoms with E-state index in [1.54, 1.807) is 6.08 Å². The molecule has 1 aliphatic carbocycles. The van der Waals surface area contributed by atoms with Gasteiger partial charge in [0.15, 0.2) is 0 Å². The number of carbonyl (C=O) groups is 2. The van der Waals surface area contributed by atoms with Crippen LogP contribution < -0.4 is 11.1 Å². The number of unbranched alkanes of at least 4 members (excludes halogenated alkanes) is 5. The van der Waals surface area contributed by atoms with Gasteiger partial charge in [0.25, 0.3) is 0 Å². The van der Waals surface area contributed by atoms with E-state index >= 15 is 0 Å². The summed E-state index contributed by atoms with van der Waals surface area (Å²) in [5.74, 6) is -1.17. The Labute approximate surface area is 138 Å². The fraction of sp³-hybridized carbons (Fsp3) is 0.765. The lowest BCUT2D eigenvalue weighted by molar-refractivity contribution is -0.133. The van der Waals surface area contributed by atoms with Gasteiger partial charge in [-0.15, -0.1) is 0 Å². The van der Waals surface area contributed by atoms with Gasteiger partial charge in [-0.2, -0.15) is 0 Å². The Morgan fingerprint density at radius 2 is 1.96 bits per heavy atom. The summed E-state index contributed by atoms with van der Waals surface area (Å²) in [7, 11) is 0. The van der Waals surface area contributed by atoms with Crippen LogP contribution in [0.5, 0.6) is 0 Å². The highest BCUT2D eigenvalue weighted by Crippen LogP contribution is 2.21. The maximum Gasteiger partial charge on any atom is 0.331 e. The topological polar surface area (TPSA) is 102 Å². The lowest BCUT2D eigenvalue weighted by atomic mass is 9.88. The molecule has 1 unspecified atom stereocenters. The van der Waals surface area contributed by atoms with Gasteiger partial charge < -0.3 is 20.9 Å². The van der Waals surface area contributed by atoms with E-state index in [0.717, 1.165) is 12.8 Å². The summed E-state index contributed by atoms with van der Waals surface area (Å²) >= 11 is 0. The molecule has 0 aromatic heterocycles. The van der Waals surface area contributed by atoms with E-state index in [9.17, 15) is 9.59 Å². The maximum absolute atomic E-state index is 11.3. The summed E-state index contributed by atoms with van der Waals surface area (Å²) in [6, 6.07) is -0.833. The molecule has 23 heavy (non-hydrogen) atoms. The van der Waals surface area contributed by atoms with Crippen molar-refractivity contribution in [2.75, 3.05) is 6.61 Å². The second-order valence-electron chi connectivity index (χ2n) is 6.19. The molecule has 0 aliphatic heterocycles. The van der Waals surface area contributed by atoms with Crippen LogP contribution in [0.1, 0.15) is 58.8 Å². The lowest BCUT2D eigenvalue weighted by Gasteiger charge is -2.34. The molecule has 0 saturated carbocycles. The standard InChI is InChI=1S/C17H30N2O4/c1-3-4-5-6-7-8-9-23-15-11-13(17(21)22)10-14(18)16(15)19-12(2)20/h11,14-16H,3-10,18H2,1-2H3,(H,19,20)(H,21,22)/t14-,15?,16+/m0/s1. The summed E-state index contributed by atoms with van der Waals surface area (Å²) in [5, 5.41) is 12.0. The van der Waals surface area contributed by atoms with Gasteiger partial charge in [-0.05, 0) is 18.9 Å². The van der Waals surface area contributed by atoms with Gasteiger partial charge in [-0.1, -0.05) is 39.0 Å². The van der Waals surface area contributed by atoms with Gasteiger partial charge in [0.1, 0.15) is 0 Å². The number of hydrogen-bond acceptors (Lipinski definition) is 4. The molecule has 0 aromatic rings. The molecule has 1 rings (SSSR count). The maximum atomic E-state index is 11.3. The summed E-state index contributed by atoms with van der Waals surface area (Å²) in [6.45, 7) is 4.15. The van der Waals surface area contributed by atoms with Crippen molar-refractivity contribution in [3.63, 3.8) is 0 Å². The van der Waals surface area contributed by atoms with Gasteiger partial charge in [0, 0.05) is 25.1 Å². The Kier molecular flexibility index (Phi) is 8.87. The number of nitrogens with one attached hydrogen (secondary N) is 1. The van der Waals surface area contributed by atoms with Gasteiger partial charge in [0.2, 0.25) is 5.91 Å². The molecule has 0 bridgehead atoms. The highest BCUT2D eigenvalue weighted by molar-refractivity contribution is 5.87. The normalized spacial score (nSPS) is 24.1. The van der Waals surface area contributed by atoms with Crippen molar-refractivity contribution in [3.05, 3.63) is 11.6 Å². The van der Waals surface area contributed by atoms with Gasteiger partial charge in [-0.25, -0.2) is 4.79 Å². The first-order chi connectivity index (χ1) is 11.0. The predicted octanol–water partition coefficient (Wildman–Crippen LogP) is 1.98. The van der Waals surface area contributed by atoms with E-state index in [1.807, 2.05) is 0 Å². The van der Waals surface area contributed by atoms with E-state index in [1.165, 1.54) is 32.6 Å². The molecular formula is C17H30N2O4. The van der Waals surface area contributed by atoms with Crippen LogP contribution in [0, 0.1) is 0 Å². The lowest BCUT2D eigenvalue weighted by Crippen LogP contribution is -2.56. The number of hydrogen-bond donors (Lipinski definition) is 3. The largest absolute Gasteiger partial charge is 0.478 e. The summed E-state index contributed by atoms with van der Waals surface area (Å²) in [4.78, 5) is 22.5. The molecular weight excluding hydrogens is 296 g/mol. The number of nitrogens with two attached hydrogens (primary N) is 1. The third kappa shape index (κ3) is 7.14. The van der Waals surface area contributed by atoms with Crippen LogP contribution in [-0.2, 0) is 14.3 Å². The minimum atomic E-state index is -0.977. The van der Waals surface area contributed by atoms with Crippen molar-refractivity contribution in [3.8, 4) is 0 Å². The number of carboxylic acid groups (broad SMARTS) is 1. The van der Waals surface area contributed by atoms with E-state index in [0.29, 0.717) is 6.61 Å². The molecule has 1 aliphatic rings. The van der Waals surface area contributed by atoms with E-state index in [4.69, 9.17) is 15.6 Å². The van der Waals surface area contributed by atoms with Crippen LogP contribution in [0.15, 0.2) is 11.6 Å². The first-order valence-corrected chi connectivity index (χ1v) is 8.54. The molecule has 3 atom stereocenters. The molecule has 0 radical (unpaired) electrons. The zero-order valence-electron chi connectivity index (χ0n) is 14.2. The molecule has 132 valence electrons. The second kappa shape index (κ2) is 10.4. The Morgan fingerprint density at radius 1 is 1.30 bits per heavy atom. The van der Waals surface area contributed by atoms with E-state index < -0.39 is 18.1 Å². The SMILES string of the molecule is CCCCCCCCOC1C=C(C(=O)O)C[C@H](N)[C@H]1NC(C)=O. The van der Waals surface area contributed by atoms with Gasteiger partial charge in [0.05, 0.1) is 12.1 Å². The van der Waals surface area contributed by atoms with Crippen molar-refractivity contribution in [2.24, 2.45) is 5.73 Å². The van der Waals surface area contributed by atoms with Crippen LogP contribution in [-0.4, -0.2) is 41.8 Å². The van der Waals surface area contributed by atoms with Crippen molar-refractivity contribution in [1.29, 1.82) is 0 Å². The first kappa shape index (κ1) is 19.6. The molecule has 6 heteroatoms. The minimum absolute atomic E-state index is 0.189. The summed E-state index contributed by atoms with van der Waals surface area (Å²) in [6.07, 6.45) is 8.27. The minimum Gasteiger partial charge on any atom is -0.478 e. The highest BCUT2D eigenvalue weighted by Gasteiger charge is 2.34. The van der Waals surface area contributed by atoms with Crippen LogP contribution in [0.25, 0.3) is 0 Å². The molecule has 6 nitrogen and oxygen atoms in total. The fourth-order valence-electron chi connectivity index (χ4n) is 2.83. The van der Waals surface area contributed by atoms with Crippen molar-refractivity contribution in [2.45, 2.75) is 77.0 Å². The summed E-state index contributed by atoms with van der Waals surface area (Å²) < 4.78 is 5.82. The van der Waals surface area contributed by atoms with Crippen LogP contribution in [0.3, 0.4) is 0 Å². The number of carbonyl (C=O) groups excluding carboxylic acids is 1. The Morgan fingerprint density at radius 3 is 2.57 bits per heavy atom. The van der Waals surface area contributed by atoms with E-state index in [2.05, 4.69) is 12.2 Å². The monoisotopic (exact) mass is 326 g/mol. The fourth-order valence-corrected chi connectivity index (χ4v) is 2.83. The first-order valence-electron chi connectivity index (χ1n) is 8.54. The molecule has 0 spiro atoms. The average molecular weight is 326 g/mol. The Bertz CT molecular complexity index is 423. The number of carboxylic acids is 1. The molecule has 0 heterocycles. The molecule has 4 N–H and O–H groups in total. The van der Waals surface area contributed by atoms with Crippen LogP contribution in [0.4, 0.5) is 0 Å². The third-order valence-electron chi connectivity index (χ3n) is 4.09. The van der Waals surface area contributed by atoms with E-state index in [-0.39, 0.29) is 23.9 Å². The van der Waals surface area contributed by atoms with Gasteiger partial charge >= 0.3 is 5.97 Å². The molecule has 0 aromatic carbocycles. The number of rotatable bonds is 10. The van der Waals surface area contributed by atoms with Crippen molar-refractivity contribution >= 4 is 11.9 Å². The van der Waals surface area contributed by atoms with Gasteiger partial charge in [-0.3, -0.25) is 4.79 Å². The van der Waals surface area contributed by atoms with Crippen molar-refractivity contribution < 1.29 is 19.4 Å². The quantitative estimate of drug-likeness (QED) is 0.533. The molecule has 0 saturated heterocycles. The molecule has 0 fully saturated rings. The van der Waals surface area contributed by atoms with Crippen LogP contribution in [0.2, 0.25) is 0 Å². The Hall–Kier alpha value is -1.40. The number of amides is 1. The molecule has 1 amide bonds. The Balaban J connectivity index is 2.52. The zero-order chi connectivity index (χ0) is 17.2.